The molecule has 3 rings (SSSR count). The Kier molecular flexibility index (Phi) is 6.95. The Morgan fingerprint density at radius 1 is 1.18 bits per heavy atom. The molecule has 2 unspecified atom stereocenters. The van der Waals surface area contributed by atoms with Gasteiger partial charge < -0.3 is 15.0 Å². The summed E-state index contributed by atoms with van der Waals surface area (Å²) >= 11 is 0. The summed E-state index contributed by atoms with van der Waals surface area (Å²) in [5.41, 5.74) is 0.609. The summed E-state index contributed by atoms with van der Waals surface area (Å²) in [6.45, 7) is 6.69. The van der Waals surface area contributed by atoms with E-state index in [2.05, 4.69) is 19.2 Å². The number of nitrogens with zero attached hydrogens (tertiary/aromatic N) is 2. The zero-order valence-electron chi connectivity index (χ0n) is 16.8. The van der Waals surface area contributed by atoms with E-state index < -0.39 is 10.0 Å². The van der Waals surface area contributed by atoms with E-state index in [1.54, 1.807) is 24.3 Å². The van der Waals surface area contributed by atoms with Crippen LogP contribution in [0.2, 0.25) is 0 Å². The maximum atomic E-state index is 13.0. The number of hydrogen-bond acceptors (Lipinski definition) is 4. The predicted octanol–water partition coefficient (Wildman–Crippen LogP) is 2.43. The van der Waals surface area contributed by atoms with E-state index in [4.69, 9.17) is 4.74 Å². The first-order valence-corrected chi connectivity index (χ1v) is 11.5. The third-order valence-electron chi connectivity index (χ3n) is 5.61. The molecule has 2 fully saturated rings. The van der Waals surface area contributed by atoms with Crippen molar-refractivity contribution in [2.24, 2.45) is 5.92 Å². The molecule has 8 heteroatoms. The van der Waals surface area contributed by atoms with Gasteiger partial charge in [-0.05, 0) is 37.3 Å². The normalized spacial score (nSPS) is 24.6. The van der Waals surface area contributed by atoms with Crippen LogP contribution in [0.25, 0.3) is 0 Å². The quantitative estimate of drug-likeness (QED) is 0.828. The number of amides is 2. The average Bonchev–Trinajstić information content (AvgIpc) is 2.87. The maximum absolute atomic E-state index is 13.0. The van der Waals surface area contributed by atoms with Crippen LogP contribution in [-0.4, -0.2) is 62.5 Å². The highest BCUT2D eigenvalue weighted by atomic mass is 32.2. The molecule has 7 nitrogen and oxygen atoms in total. The van der Waals surface area contributed by atoms with Gasteiger partial charge in [-0.3, -0.25) is 0 Å². The zero-order valence-corrected chi connectivity index (χ0v) is 17.6. The lowest BCUT2D eigenvalue weighted by atomic mass is 10.1. The minimum absolute atomic E-state index is 0.125. The fraction of sp³-hybridized carbons (Fsp3) is 0.650. The minimum atomic E-state index is -3.60. The number of rotatable bonds is 4. The van der Waals surface area contributed by atoms with E-state index >= 15 is 0 Å². The Balaban J connectivity index is 1.72. The van der Waals surface area contributed by atoms with Crippen molar-refractivity contribution >= 4 is 16.1 Å². The van der Waals surface area contributed by atoms with Gasteiger partial charge in [0.15, 0.2) is 0 Å². The van der Waals surface area contributed by atoms with Crippen LogP contribution in [0.4, 0.5) is 4.79 Å². The van der Waals surface area contributed by atoms with Gasteiger partial charge >= 0.3 is 6.03 Å². The van der Waals surface area contributed by atoms with Crippen LogP contribution in [0.3, 0.4) is 0 Å². The van der Waals surface area contributed by atoms with Crippen LogP contribution in [0.1, 0.15) is 38.7 Å². The molecule has 0 aromatic heterocycles. The molecule has 0 aliphatic carbocycles. The minimum Gasteiger partial charge on any atom is -0.379 e. The lowest BCUT2D eigenvalue weighted by molar-refractivity contribution is 0.0730. The topological polar surface area (TPSA) is 79.0 Å². The Labute approximate surface area is 168 Å². The zero-order chi connectivity index (χ0) is 20.1. The molecular weight excluding hydrogens is 378 g/mol. The van der Waals surface area contributed by atoms with Crippen LogP contribution < -0.4 is 5.32 Å². The monoisotopic (exact) mass is 409 g/mol. The van der Waals surface area contributed by atoms with Crippen molar-refractivity contribution in [1.82, 2.24) is 14.5 Å². The number of ether oxygens (including phenoxy) is 1. The second-order valence-corrected chi connectivity index (χ2v) is 9.73. The molecule has 2 amide bonds. The molecule has 0 spiro atoms. The first-order chi connectivity index (χ1) is 13.4. The molecule has 0 saturated carbocycles. The van der Waals surface area contributed by atoms with E-state index in [1.807, 2.05) is 4.90 Å². The van der Waals surface area contributed by atoms with E-state index in [9.17, 15) is 13.2 Å². The second kappa shape index (κ2) is 9.24. The van der Waals surface area contributed by atoms with Gasteiger partial charge in [0, 0.05) is 32.2 Å². The van der Waals surface area contributed by atoms with Crippen LogP contribution in [0.5, 0.6) is 0 Å². The summed E-state index contributed by atoms with van der Waals surface area (Å²) in [6.07, 6.45) is 3.27. The number of carbonyl (C=O) groups excluding carboxylic acids is 1. The van der Waals surface area contributed by atoms with Gasteiger partial charge in [-0.2, -0.15) is 4.31 Å². The van der Waals surface area contributed by atoms with Gasteiger partial charge in [-0.25, -0.2) is 13.2 Å². The largest absolute Gasteiger partial charge is 0.379 e. The van der Waals surface area contributed by atoms with Crippen molar-refractivity contribution in [2.45, 2.75) is 50.6 Å². The molecule has 2 atom stereocenters. The van der Waals surface area contributed by atoms with E-state index in [0.717, 1.165) is 25.8 Å². The Hall–Kier alpha value is -1.64. The number of sulfonamides is 1. The van der Waals surface area contributed by atoms with Crippen molar-refractivity contribution in [2.75, 3.05) is 32.8 Å². The summed E-state index contributed by atoms with van der Waals surface area (Å²) in [4.78, 5) is 14.9. The number of nitrogens with one attached hydrogen (secondary N) is 1. The predicted molar refractivity (Wildman–Crippen MR) is 107 cm³/mol. The average molecular weight is 410 g/mol. The van der Waals surface area contributed by atoms with E-state index in [0.29, 0.717) is 37.8 Å². The van der Waals surface area contributed by atoms with Gasteiger partial charge in [-0.15, -0.1) is 0 Å². The van der Waals surface area contributed by atoms with Gasteiger partial charge in [0.2, 0.25) is 10.0 Å². The standard InChI is InChI=1S/C20H31N3O4S/c1-16-6-5-7-17(2)23(15-16)20(24)21-14-18-8-3-4-9-19(18)28(25,26)22-10-12-27-13-11-22/h3-4,8-9,16-17H,5-7,10-15H2,1-2H3,(H,21,24). The Morgan fingerprint density at radius 3 is 2.64 bits per heavy atom. The van der Waals surface area contributed by atoms with Crippen molar-refractivity contribution in [3.63, 3.8) is 0 Å². The van der Waals surface area contributed by atoms with Crippen LogP contribution in [-0.2, 0) is 21.3 Å². The molecule has 0 radical (unpaired) electrons. The van der Waals surface area contributed by atoms with Crippen molar-refractivity contribution in [1.29, 1.82) is 0 Å². The van der Waals surface area contributed by atoms with Crippen LogP contribution >= 0.6 is 0 Å². The first-order valence-electron chi connectivity index (χ1n) is 10.1. The third-order valence-corrected chi connectivity index (χ3v) is 7.61. The molecular formula is C20H31N3O4S. The summed E-state index contributed by atoms with van der Waals surface area (Å²) in [7, 11) is -3.60. The van der Waals surface area contributed by atoms with Gasteiger partial charge in [0.25, 0.3) is 0 Å². The summed E-state index contributed by atoms with van der Waals surface area (Å²) in [5, 5.41) is 2.94. The Bertz CT molecular complexity index is 777. The highest BCUT2D eigenvalue weighted by Crippen LogP contribution is 2.23. The second-order valence-electron chi connectivity index (χ2n) is 7.82. The summed E-state index contributed by atoms with van der Waals surface area (Å²) in [6, 6.07) is 6.97. The number of benzene rings is 1. The van der Waals surface area contributed by atoms with Crippen LogP contribution in [0, 0.1) is 5.92 Å². The molecule has 1 N–H and O–H groups in total. The molecule has 1 aromatic carbocycles. The van der Waals surface area contributed by atoms with Crippen molar-refractivity contribution in [3.8, 4) is 0 Å². The number of hydrogen-bond donors (Lipinski definition) is 1. The molecule has 2 aliphatic rings. The van der Waals surface area contributed by atoms with Gasteiger partial charge in [0.1, 0.15) is 0 Å². The van der Waals surface area contributed by atoms with Gasteiger partial charge in [0.05, 0.1) is 18.1 Å². The highest BCUT2D eigenvalue weighted by Gasteiger charge is 2.29. The number of urea groups is 1. The smallest absolute Gasteiger partial charge is 0.317 e. The number of morpholine rings is 1. The van der Waals surface area contributed by atoms with E-state index in [1.165, 1.54) is 4.31 Å². The molecule has 0 bridgehead atoms. The molecule has 2 saturated heterocycles. The third kappa shape index (κ3) is 4.85. The first kappa shape index (κ1) is 21.1. The van der Waals surface area contributed by atoms with E-state index in [-0.39, 0.29) is 23.5 Å². The molecule has 1 aromatic rings. The SMILES string of the molecule is CC1CCCC(C)N(C(=O)NCc2ccccc2S(=O)(=O)N2CCOCC2)C1. The fourth-order valence-electron chi connectivity index (χ4n) is 3.91. The summed E-state index contributed by atoms with van der Waals surface area (Å²) in [5.74, 6) is 0.477. The fourth-order valence-corrected chi connectivity index (χ4v) is 5.54. The van der Waals surface area contributed by atoms with Crippen LogP contribution in [0.15, 0.2) is 29.2 Å². The van der Waals surface area contributed by atoms with Crippen molar-refractivity contribution < 1.29 is 17.9 Å². The molecule has 28 heavy (non-hydrogen) atoms. The van der Waals surface area contributed by atoms with Crippen molar-refractivity contribution in [3.05, 3.63) is 29.8 Å². The number of likely N-dealkylation sites (tertiary alicyclic amines) is 1. The molecule has 2 heterocycles. The highest BCUT2D eigenvalue weighted by molar-refractivity contribution is 7.89. The Morgan fingerprint density at radius 2 is 1.89 bits per heavy atom. The lowest BCUT2D eigenvalue weighted by Crippen LogP contribution is -2.46. The lowest BCUT2D eigenvalue weighted by Gasteiger charge is -2.29. The molecule has 156 valence electrons. The summed E-state index contributed by atoms with van der Waals surface area (Å²) < 4.78 is 32.8. The number of carbonyl (C=O) groups is 1. The van der Waals surface area contributed by atoms with Gasteiger partial charge in [-0.1, -0.05) is 31.5 Å². The molecule has 2 aliphatic heterocycles. The maximum Gasteiger partial charge on any atom is 0.317 e.